The molecule has 0 aliphatic heterocycles. The Morgan fingerprint density at radius 3 is 2.11 bits per heavy atom. The molecule has 0 saturated heterocycles. The molecular weight excluding hydrogens is 504 g/mol. The van der Waals surface area contributed by atoms with E-state index in [0.29, 0.717) is 0 Å². The maximum Gasteiger partial charge on any atom is 0.123 e. The highest BCUT2D eigenvalue weighted by atomic mass is 79.9. The average molecular weight is 514 g/mol. The zero-order valence-corrected chi connectivity index (χ0v) is 16.3. The standard InChI is InChI=1S/C14H10Br4O/c1-19-13-5-3-9(16)7-11(13)14(18)10-6-8(15)2-4-12(10)17/h2-7,14H,1H3. The Labute approximate surface area is 146 Å². The van der Waals surface area contributed by atoms with Gasteiger partial charge in [0, 0.05) is 19.0 Å². The van der Waals surface area contributed by atoms with Gasteiger partial charge in [-0.05, 0) is 42.0 Å². The van der Waals surface area contributed by atoms with Crippen molar-refractivity contribution in [3.63, 3.8) is 0 Å². The Bertz CT molecular complexity index is 598. The fourth-order valence-electron chi connectivity index (χ4n) is 1.78. The van der Waals surface area contributed by atoms with E-state index in [1.54, 1.807) is 7.11 Å². The van der Waals surface area contributed by atoms with Crippen molar-refractivity contribution in [3.8, 4) is 5.75 Å². The summed E-state index contributed by atoms with van der Waals surface area (Å²) in [6, 6.07) is 12.1. The number of alkyl halides is 1. The Balaban J connectivity index is 2.51. The van der Waals surface area contributed by atoms with Crippen LogP contribution in [0.5, 0.6) is 5.75 Å². The van der Waals surface area contributed by atoms with Crippen molar-refractivity contribution >= 4 is 63.7 Å². The molecule has 5 heteroatoms. The van der Waals surface area contributed by atoms with E-state index in [4.69, 9.17) is 4.74 Å². The molecule has 0 fully saturated rings. The molecule has 0 bridgehead atoms. The number of ether oxygens (including phenoxy) is 1. The zero-order chi connectivity index (χ0) is 14.0. The summed E-state index contributed by atoms with van der Waals surface area (Å²) in [6.45, 7) is 0. The van der Waals surface area contributed by atoms with Crippen LogP contribution in [0, 0.1) is 0 Å². The summed E-state index contributed by atoms with van der Waals surface area (Å²) in [4.78, 5) is 0.0480. The summed E-state index contributed by atoms with van der Waals surface area (Å²) in [5.41, 5.74) is 2.22. The predicted molar refractivity (Wildman–Crippen MR) is 93.3 cm³/mol. The first kappa shape index (κ1) is 15.5. The monoisotopic (exact) mass is 510 g/mol. The molecule has 0 radical (unpaired) electrons. The molecular formula is C14H10Br4O. The third kappa shape index (κ3) is 3.63. The van der Waals surface area contributed by atoms with Gasteiger partial charge in [0.2, 0.25) is 0 Å². The maximum absolute atomic E-state index is 5.44. The van der Waals surface area contributed by atoms with Crippen molar-refractivity contribution in [1.29, 1.82) is 0 Å². The first-order valence-corrected chi connectivity index (χ1v) is 8.75. The topological polar surface area (TPSA) is 9.23 Å². The highest BCUT2D eigenvalue weighted by molar-refractivity contribution is 9.11. The third-order valence-electron chi connectivity index (χ3n) is 2.70. The molecule has 1 unspecified atom stereocenters. The van der Waals surface area contributed by atoms with E-state index in [1.165, 1.54) is 0 Å². The van der Waals surface area contributed by atoms with Gasteiger partial charge in [-0.3, -0.25) is 0 Å². The molecule has 0 aromatic heterocycles. The Hall–Kier alpha value is 0.160. The fourth-order valence-corrected chi connectivity index (χ4v) is 4.06. The van der Waals surface area contributed by atoms with Crippen LogP contribution in [0.25, 0.3) is 0 Å². The van der Waals surface area contributed by atoms with Crippen molar-refractivity contribution < 1.29 is 4.74 Å². The van der Waals surface area contributed by atoms with E-state index in [1.807, 2.05) is 24.3 Å². The second-order valence-corrected chi connectivity index (χ2v) is 7.52. The van der Waals surface area contributed by atoms with E-state index < -0.39 is 0 Å². The lowest BCUT2D eigenvalue weighted by Crippen LogP contribution is -1.98. The van der Waals surface area contributed by atoms with Crippen LogP contribution in [0.1, 0.15) is 16.0 Å². The Morgan fingerprint density at radius 2 is 1.47 bits per heavy atom. The lowest BCUT2D eigenvalue weighted by molar-refractivity contribution is 0.410. The smallest absolute Gasteiger partial charge is 0.123 e. The zero-order valence-electron chi connectivity index (χ0n) is 9.96. The van der Waals surface area contributed by atoms with Gasteiger partial charge in [0.15, 0.2) is 0 Å². The van der Waals surface area contributed by atoms with Crippen LogP contribution in [0.15, 0.2) is 49.8 Å². The summed E-state index contributed by atoms with van der Waals surface area (Å²) >= 11 is 14.4. The van der Waals surface area contributed by atoms with Gasteiger partial charge in [-0.25, -0.2) is 0 Å². The number of hydrogen-bond acceptors (Lipinski definition) is 1. The molecule has 1 atom stereocenters. The van der Waals surface area contributed by atoms with E-state index >= 15 is 0 Å². The number of rotatable bonds is 3. The van der Waals surface area contributed by atoms with Crippen LogP contribution in [0.4, 0.5) is 0 Å². The van der Waals surface area contributed by atoms with Gasteiger partial charge >= 0.3 is 0 Å². The Morgan fingerprint density at radius 1 is 0.895 bits per heavy atom. The molecule has 0 spiro atoms. The van der Waals surface area contributed by atoms with Crippen LogP contribution in [-0.2, 0) is 0 Å². The second kappa shape index (κ2) is 6.74. The first-order valence-electron chi connectivity index (χ1n) is 5.45. The van der Waals surface area contributed by atoms with Gasteiger partial charge in [-0.15, -0.1) is 0 Å². The van der Waals surface area contributed by atoms with Crippen molar-refractivity contribution in [2.75, 3.05) is 7.11 Å². The minimum Gasteiger partial charge on any atom is -0.496 e. The average Bonchev–Trinajstić information content (AvgIpc) is 2.40. The van der Waals surface area contributed by atoms with Gasteiger partial charge in [0.1, 0.15) is 5.75 Å². The summed E-state index contributed by atoms with van der Waals surface area (Å²) < 4.78 is 8.56. The Kier molecular flexibility index (Phi) is 5.52. The van der Waals surface area contributed by atoms with Gasteiger partial charge < -0.3 is 4.74 Å². The molecule has 0 heterocycles. The van der Waals surface area contributed by atoms with Crippen molar-refractivity contribution in [3.05, 3.63) is 60.9 Å². The molecule has 0 amide bonds. The van der Waals surface area contributed by atoms with E-state index in [2.05, 4.69) is 75.9 Å². The molecule has 0 aliphatic carbocycles. The highest BCUT2D eigenvalue weighted by Crippen LogP contribution is 2.41. The quantitative estimate of drug-likeness (QED) is 0.428. The normalized spacial score (nSPS) is 12.3. The highest BCUT2D eigenvalue weighted by Gasteiger charge is 2.18. The molecule has 2 aromatic carbocycles. The fraction of sp³-hybridized carbons (Fsp3) is 0.143. The van der Waals surface area contributed by atoms with Gasteiger partial charge in [0.05, 0.1) is 11.9 Å². The number of halogens is 4. The van der Waals surface area contributed by atoms with E-state index in [9.17, 15) is 0 Å². The largest absolute Gasteiger partial charge is 0.496 e. The van der Waals surface area contributed by atoms with Crippen molar-refractivity contribution in [2.24, 2.45) is 0 Å². The van der Waals surface area contributed by atoms with Crippen molar-refractivity contribution in [2.45, 2.75) is 4.83 Å². The number of hydrogen-bond donors (Lipinski definition) is 0. The minimum absolute atomic E-state index is 0.0480. The van der Waals surface area contributed by atoms with E-state index in [-0.39, 0.29) is 4.83 Å². The third-order valence-corrected chi connectivity index (χ3v) is 5.39. The summed E-state index contributed by atoms with van der Waals surface area (Å²) in [6.07, 6.45) is 0. The summed E-state index contributed by atoms with van der Waals surface area (Å²) in [7, 11) is 1.68. The number of methoxy groups -OCH3 is 1. The van der Waals surface area contributed by atoms with E-state index in [0.717, 1.165) is 30.3 Å². The molecule has 2 aromatic rings. The minimum atomic E-state index is 0.0480. The summed E-state index contributed by atoms with van der Waals surface area (Å²) in [5, 5.41) is 0. The van der Waals surface area contributed by atoms with Crippen LogP contribution in [-0.4, -0.2) is 7.11 Å². The lowest BCUT2D eigenvalue weighted by Gasteiger charge is -2.17. The molecule has 0 aliphatic rings. The second-order valence-electron chi connectivity index (χ2n) is 3.91. The first-order chi connectivity index (χ1) is 9.02. The van der Waals surface area contributed by atoms with Crippen molar-refractivity contribution in [1.82, 2.24) is 0 Å². The molecule has 100 valence electrons. The SMILES string of the molecule is COc1ccc(Br)cc1C(Br)c1cc(Br)ccc1Br. The van der Waals surface area contributed by atoms with Crippen LogP contribution in [0.3, 0.4) is 0 Å². The molecule has 2 rings (SSSR count). The number of benzene rings is 2. The van der Waals surface area contributed by atoms with Gasteiger partial charge in [-0.1, -0.05) is 63.7 Å². The molecule has 19 heavy (non-hydrogen) atoms. The molecule has 0 saturated carbocycles. The van der Waals surface area contributed by atoms with Crippen LogP contribution in [0.2, 0.25) is 0 Å². The lowest BCUT2D eigenvalue weighted by atomic mass is 10.0. The molecule has 0 N–H and O–H groups in total. The predicted octanol–water partition coefficient (Wildman–Crippen LogP) is 6.47. The van der Waals surface area contributed by atoms with Gasteiger partial charge in [0.25, 0.3) is 0 Å². The van der Waals surface area contributed by atoms with Crippen LogP contribution < -0.4 is 4.74 Å². The summed E-state index contributed by atoms with van der Waals surface area (Å²) in [5.74, 6) is 0.858. The van der Waals surface area contributed by atoms with Crippen LogP contribution >= 0.6 is 63.7 Å². The maximum atomic E-state index is 5.44. The molecule has 1 nitrogen and oxygen atoms in total. The van der Waals surface area contributed by atoms with Gasteiger partial charge in [-0.2, -0.15) is 0 Å².